The SMILES string of the molecule is COc1ccc(Cl)c(-c2cc(C)c3nc(Nc4nc(C(=O)NCCN5CCCC5)cs4)nnc3c2)c1. The number of thiazole rings is 1. The Morgan fingerprint density at radius 1 is 1.17 bits per heavy atom. The topological polar surface area (TPSA) is 105 Å². The number of carbonyl (C=O) groups excluding carboxylic acids is 1. The van der Waals surface area contributed by atoms with Gasteiger partial charge in [-0.05, 0) is 74.3 Å². The second-order valence-electron chi connectivity index (χ2n) is 8.61. The van der Waals surface area contributed by atoms with Gasteiger partial charge in [-0.1, -0.05) is 11.6 Å². The summed E-state index contributed by atoms with van der Waals surface area (Å²) in [7, 11) is 1.62. The number of aryl methyl sites for hydroxylation is 1. The summed E-state index contributed by atoms with van der Waals surface area (Å²) in [5, 5.41) is 17.4. The number of carbonyl (C=O) groups is 1. The van der Waals surface area contributed by atoms with Crippen molar-refractivity contribution in [3.8, 4) is 16.9 Å². The fraction of sp³-hybridized carbons (Fsp3) is 0.320. The molecule has 0 spiro atoms. The summed E-state index contributed by atoms with van der Waals surface area (Å²) in [4.78, 5) is 23.8. The maximum absolute atomic E-state index is 12.4. The standard InChI is InChI=1S/C25H26ClN7O2S/c1-15-11-16(18-13-17(35-2)5-6-19(18)26)12-20-22(15)29-24(32-31-20)30-25-28-21(14-36-25)23(34)27-7-10-33-8-3-4-9-33/h5-6,11-14H,3-4,7-10H2,1-2H3,(H,27,34)(H,28,29,30,32). The molecule has 2 aromatic heterocycles. The van der Waals surface area contributed by atoms with E-state index in [0.717, 1.165) is 42.1 Å². The van der Waals surface area contributed by atoms with Gasteiger partial charge in [-0.15, -0.1) is 21.5 Å². The number of nitrogens with one attached hydrogen (secondary N) is 2. The lowest BCUT2D eigenvalue weighted by Crippen LogP contribution is -2.33. The molecule has 5 rings (SSSR count). The predicted molar refractivity (Wildman–Crippen MR) is 142 cm³/mol. The van der Waals surface area contributed by atoms with E-state index < -0.39 is 0 Å². The fourth-order valence-electron chi connectivity index (χ4n) is 4.23. The molecule has 2 aromatic carbocycles. The van der Waals surface area contributed by atoms with Crippen LogP contribution in [-0.4, -0.2) is 64.3 Å². The molecule has 1 fully saturated rings. The Bertz CT molecular complexity index is 1400. The van der Waals surface area contributed by atoms with E-state index in [1.54, 1.807) is 12.5 Å². The Morgan fingerprint density at radius 2 is 2.00 bits per heavy atom. The van der Waals surface area contributed by atoms with E-state index in [2.05, 4.69) is 35.7 Å². The van der Waals surface area contributed by atoms with E-state index in [1.165, 1.54) is 24.2 Å². The number of aromatic nitrogens is 4. The Morgan fingerprint density at radius 3 is 2.81 bits per heavy atom. The van der Waals surface area contributed by atoms with E-state index in [9.17, 15) is 4.79 Å². The summed E-state index contributed by atoms with van der Waals surface area (Å²) >= 11 is 7.75. The third kappa shape index (κ3) is 5.40. The van der Waals surface area contributed by atoms with Crippen LogP contribution in [0.5, 0.6) is 5.75 Å². The van der Waals surface area contributed by atoms with Gasteiger partial charge in [0.1, 0.15) is 17.0 Å². The van der Waals surface area contributed by atoms with Gasteiger partial charge in [0.15, 0.2) is 5.13 Å². The zero-order valence-electron chi connectivity index (χ0n) is 20.0. The Hall–Kier alpha value is -3.34. The van der Waals surface area contributed by atoms with Crippen LogP contribution in [0.1, 0.15) is 28.9 Å². The van der Waals surface area contributed by atoms with Crippen LogP contribution in [0.3, 0.4) is 0 Å². The second kappa shape index (κ2) is 10.7. The highest BCUT2D eigenvalue weighted by Gasteiger charge is 2.15. The number of rotatable bonds is 8. The van der Waals surface area contributed by atoms with Gasteiger partial charge < -0.3 is 15.0 Å². The number of amides is 1. The molecule has 2 N–H and O–H groups in total. The minimum absolute atomic E-state index is 0.185. The molecule has 0 bridgehead atoms. The highest BCUT2D eigenvalue weighted by atomic mass is 35.5. The van der Waals surface area contributed by atoms with Gasteiger partial charge in [-0.25, -0.2) is 9.97 Å². The van der Waals surface area contributed by atoms with E-state index in [4.69, 9.17) is 16.3 Å². The van der Waals surface area contributed by atoms with Crippen molar-refractivity contribution in [1.82, 2.24) is 30.4 Å². The average molecular weight is 524 g/mol. The number of hydrogen-bond acceptors (Lipinski definition) is 9. The lowest BCUT2D eigenvalue weighted by Gasteiger charge is -2.14. The van der Waals surface area contributed by atoms with Gasteiger partial charge in [0.25, 0.3) is 5.91 Å². The van der Waals surface area contributed by atoms with Crippen molar-refractivity contribution in [2.75, 3.05) is 38.6 Å². The Kier molecular flexibility index (Phi) is 7.26. The van der Waals surface area contributed by atoms with E-state index in [0.29, 0.717) is 39.4 Å². The molecule has 0 atom stereocenters. The highest BCUT2D eigenvalue weighted by molar-refractivity contribution is 7.14. The molecule has 4 aromatic rings. The van der Waals surface area contributed by atoms with Crippen LogP contribution in [0.25, 0.3) is 22.2 Å². The van der Waals surface area contributed by atoms with Crippen molar-refractivity contribution in [2.45, 2.75) is 19.8 Å². The molecule has 1 amide bonds. The van der Waals surface area contributed by atoms with Crippen molar-refractivity contribution < 1.29 is 9.53 Å². The maximum atomic E-state index is 12.4. The lowest BCUT2D eigenvalue weighted by atomic mass is 10.0. The van der Waals surface area contributed by atoms with Crippen molar-refractivity contribution in [2.24, 2.45) is 0 Å². The highest BCUT2D eigenvalue weighted by Crippen LogP contribution is 2.34. The summed E-state index contributed by atoms with van der Waals surface area (Å²) < 4.78 is 5.34. The number of methoxy groups -OCH3 is 1. The Labute approximate surface area is 217 Å². The molecular formula is C25H26ClN7O2S. The minimum atomic E-state index is -0.185. The molecule has 0 saturated carbocycles. The normalized spacial score (nSPS) is 13.8. The molecule has 1 aliphatic rings. The summed E-state index contributed by atoms with van der Waals surface area (Å²) in [6.07, 6.45) is 2.47. The quantitative estimate of drug-likeness (QED) is 0.343. The number of likely N-dealkylation sites (tertiary alicyclic amines) is 1. The van der Waals surface area contributed by atoms with Crippen LogP contribution >= 0.6 is 22.9 Å². The Balaban J connectivity index is 1.29. The average Bonchev–Trinajstić information content (AvgIpc) is 3.57. The molecule has 0 aliphatic carbocycles. The van der Waals surface area contributed by atoms with Crippen molar-refractivity contribution in [1.29, 1.82) is 0 Å². The summed E-state index contributed by atoms with van der Waals surface area (Å²) in [6.45, 7) is 5.65. The molecule has 0 radical (unpaired) electrons. The van der Waals surface area contributed by atoms with Gasteiger partial charge in [0.2, 0.25) is 5.95 Å². The molecule has 1 saturated heterocycles. The van der Waals surface area contributed by atoms with E-state index in [1.807, 2.05) is 37.3 Å². The lowest BCUT2D eigenvalue weighted by molar-refractivity contribution is 0.0945. The van der Waals surface area contributed by atoms with Crippen molar-refractivity contribution in [3.63, 3.8) is 0 Å². The predicted octanol–water partition coefficient (Wildman–Crippen LogP) is 4.69. The number of ether oxygens (including phenoxy) is 1. The largest absolute Gasteiger partial charge is 0.497 e. The third-order valence-electron chi connectivity index (χ3n) is 6.10. The van der Waals surface area contributed by atoms with Gasteiger partial charge >= 0.3 is 0 Å². The number of fused-ring (bicyclic) bond motifs is 1. The maximum Gasteiger partial charge on any atom is 0.270 e. The molecule has 11 heteroatoms. The van der Waals surface area contributed by atoms with Gasteiger partial charge in [0, 0.05) is 29.1 Å². The molecule has 0 unspecified atom stereocenters. The molecule has 36 heavy (non-hydrogen) atoms. The first kappa shape index (κ1) is 24.4. The summed E-state index contributed by atoms with van der Waals surface area (Å²) in [6, 6.07) is 9.43. The first-order chi connectivity index (χ1) is 17.5. The summed E-state index contributed by atoms with van der Waals surface area (Å²) in [5.74, 6) is 0.850. The van der Waals surface area contributed by atoms with Crippen LogP contribution in [0.4, 0.5) is 11.1 Å². The van der Waals surface area contributed by atoms with Crippen LogP contribution in [0.2, 0.25) is 5.02 Å². The monoisotopic (exact) mass is 523 g/mol. The van der Waals surface area contributed by atoms with Crippen LogP contribution < -0.4 is 15.4 Å². The fourth-order valence-corrected chi connectivity index (χ4v) is 5.14. The zero-order chi connectivity index (χ0) is 25.1. The molecule has 3 heterocycles. The van der Waals surface area contributed by atoms with Crippen LogP contribution in [0.15, 0.2) is 35.7 Å². The number of halogens is 1. The summed E-state index contributed by atoms with van der Waals surface area (Å²) in [5.41, 5.74) is 4.41. The van der Waals surface area contributed by atoms with Crippen molar-refractivity contribution in [3.05, 3.63) is 52.0 Å². The van der Waals surface area contributed by atoms with Crippen LogP contribution in [0, 0.1) is 6.92 Å². The number of anilines is 2. The third-order valence-corrected chi connectivity index (χ3v) is 7.19. The minimum Gasteiger partial charge on any atom is -0.497 e. The van der Waals surface area contributed by atoms with E-state index in [-0.39, 0.29) is 5.91 Å². The van der Waals surface area contributed by atoms with E-state index >= 15 is 0 Å². The molecule has 1 aliphatic heterocycles. The number of nitrogens with zero attached hydrogens (tertiary/aromatic N) is 5. The zero-order valence-corrected chi connectivity index (χ0v) is 21.6. The molecular weight excluding hydrogens is 498 g/mol. The van der Waals surface area contributed by atoms with Crippen molar-refractivity contribution >= 4 is 51.0 Å². The van der Waals surface area contributed by atoms with Gasteiger partial charge in [-0.3, -0.25) is 10.1 Å². The van der Waals surface area contributed by atoms with Gasteiger partial charge in [0.05, 0.1) is 12.6 Å². The molecule has 9 nitrogen and oxygen atoms in total. The van der Waals surface area contributed by atoms with Crippen LogP contribution in [-0.2, 0) is 0 Å². The van der Waals surface area contributed by atoms with Gasteiger partial charge in [-0.2, -0.15) is 0 Å². The number of hydrogen-bond donors (Lipinski definition) is 2. The molecule has 186 valence electrons. The second-order valence-corrected chi connectivity index (χ2v) is 9.87. The smallest absolute Gasteiger partial charge is 0.270 e. The first-order valence-electron chi connectivity index (χ1n) is 11.7. The number of benzene rings is 2. The first-order valence-corrected chi connectivity index (χ1v) is 13.0.